The first-order chi connectivity index (χ1) is 8.79. The summed E-state index contributed by atoms with van der Waals surface area (Å²) >= 11 is 0. The van der Waals surface area contributed by atoms with Crippen LogP contribution >= 0.6 is 0 Å². The highest BCUT2D eigenvalue weighted by Gasteiger charge is 2.05. The number of carbonyl (C=O) groups excluding carboxylic acids is 1. The Balaban J connectivity index is 2.06. The first-order valence-electron chi connectivity index (χ1n) is 5.49. The number of aromatic nitrogens is 4. The van der Waals surface area contributed by atoms with E-state index in [0.29, 0.717) is 18.2 Å². The average molecular weight is 247 g/mol. The number of anilines is 1. The molecule has 0 unspecified atom stereocenters. The summed E-state index contributed by atoms with van der Waals surface area (Å²) in [6.07, 6.45) is 4.77. The summed E-state index contributed by atoms with van der Waals surface area (Å²) in [5.41, 5.74) is 0. The highest BCUT2D eigenvalue weighted by molar-refractivity contribution is 5.90. The van der Waals surface area contributed by atoms with Crippen LogP contribution in [-0.2, 0) is 9.53 Å². The molecule has 18 heavy (non-hydrogen) atoms. The molecule has 1 amide bonds. The molecule has 0 aliphatic heterocycles. The van der Waals surface area contributed by atoms with Crippen LogP contribution in [0.1, 0.15) is 6.92 Å². The molecule has 0 saturated carbocycles. The molecule has 7 heteroatoms. The Kier molecular flexibility index (Phi) is 3.98. The molecule has 94 valence electrons. The van der Waals surface area contributed by atoms with Crippen molar-refractivity contribution in [3.8, 4) is 5.82 Å². The minimum atomic E-state index is -0.248. The van der Waals surface area contributed by atoms with Crippen LogP contribution in [0.4, 0.5) is 5.82 Å². The lowest BCUT2D eigenvalue weighted by atomic mass is 10.5. The van der Waals surface area contributed by atoms with Gasteiger partial charge in [0.1, 0.15) is 18.8 Å². The first-order valence-corrected chi connectivity index (χ1v) is 5.49. The van der Waals surface area contributed by atoms with Gasteiger partial charge in [-0.2, -0.15) is 5.10 Å². The SMILES string of the molecule is CCOCC(=O)Nc1cc(-n2cccn2)ncn1. The van der Waals surface area contributed by atoms with Gasteiger partial charge in [-0.1, -0.05) is 0 Å². The van der Waals surface area contributed by atoms with Gasteiger partial charge in [-0.05, 0) is 13.0 Å². The third-order valence-corrected chi connectivity index (χ3v) is 2.10. The first kappa shape index (κ1) is 12.2. The molecular weight excluding hydrogens is 234 g/mol. The van der Waals surface area contributed by atoms with Crippen molar-refractivity contribution in [2.75, 3.05) is 18.5 Å². The molecule has 0 fully saturated rings. The highest BCUT2D eigenvalue weighted by atomic mass is 16.5. The Morgan fingerprint density at radius 1 is 1.50 bits per heavy atom. The molecule has 2 aromatic heterocycles. The Bertz CT molecular complexity index is 512. The second-order valence-electron chi connectivity index (χ2n) is 3.40. The second kappa shape index (κ2) is 5.87. The summed E-state index contributed by atoms with van der Waals surface area (Å²) in [6, 6.07) is 3.42. The lowest BCUT2D eigenvalue weighted by Crippen LogP contribution is -2.19. The number of ether oxygens (including phenoxy) is 1. The number of amides is 1. The van der Waals surface area contributed by atoms with E-state index >= 15 is 0 Å². The fraction of sp³-hybridized carbons (Fsp3) is 0.273. The summed E-state index contributed by atoms with van der Waals surface area (Å²) in [5, 5.41) is 6.67. The molecule has 0 atom stereocenters. The van der Waals surface area contributed by atoms with Gasteiger partial charge in [0.2, 0.25) is 0 Å². The van der Waals surface area contributed by atoms with Crippen LogP contribution in [0.25, 0.3) is 5.82 Å². The van der Waals surface area contributed by atoms with Crippen LogP contribution in [-0.4, -0.2) is 38.9 Å². The maximum atomic E-state index is 11.5. The quantitative estimate of drug-likeness (QED) is 0.838. The number of nitrogens with one attached hydrogen (secondary N) is 1. The van der Waals surface area contributed by atoms with Gasteiger partial charge in [-0.3, -0.25) is 4.79 Å². The van der Waals surface area contributed by atoms with E-state index in [0.717, 1.165) is 0 Å². The van der Waals surface area contributed by atoms with Crippen LogP contribution in [0.5, 0.6) is 0 Å². The van der Waals surface area contributed by atoms with Crippen molar-refractivity contribution in [3.63, 3.8) is 0 Å². The maximum Gasteiger partial charge on any atom is 0.251 e. The second-order valence-corrected chi connectivity index (χ2v) is 3.40. The number of rotatable bonds is 5. The number of hydrogen-bond donors (Lipinski definition) is 1. The Labute approximate surface area is 104 Å². The van der Waals surface area contributed by atoms with E-state index in [-0.39, 0.29) is 12.5 Å². The monoisotopic (exact) mass is 247 g/mol. The fourth-order valence-corrected chi connectivity index (χ4v) is 1.32. The number of carbonyl (C=O) groups is 1. The van der Waals surface area contributed by atoms with Gasteiger partial charge in [0.25, 0.3) is 5.91 Å². The van der Waals surface area contributed by atoms with Gasteiger partial charge in [-0.15, -0.1) is 0 Å². The smallest absolute Gasteiger partial charge is 0.251 e. The van der Waals surface area contributed by atoms with Crippen LogP contribution in [0.2, 0.25) is 0 Å². The van der Waals surface area contributed by atoms with Crippen molar-refractivity contribution >= 4 is 11.7 Å². The van der Waals surface area contributed by atoms with E-state index in [1.807, 2.05) is 6.92 Å². The lowest BCUT2D eigenvalue weighted by molar-refractivity contribution is -0.120. The summed E-state index contributed by atoms with van der Waals surface area (Å²) in [7, 11) is 0. The van der Waals surface area contributed by atoms with Gasteiger partial charge in [0, 0.05) is 25.1 Å². The van der Waals surface area contributed by atoms with Crippen molar-refractivity contribution in [2.24, 2.45) is 0 Å². The van der Waals surface area contributed by atoms with Crippen molar-refractivity contribution < 1.29 is 9.53 Å². The normalized spacial score (nSPS) is 10.3. The summed E-state index contributed by atoms with van der Waals surface area (Å²) in [4.78, 5) is 19.5. The van der Waals surface area contributed by atoms with E-state index in [9.17, 15) is 4.79 Å². The molecule has 7 nitrogen and oxygen atoms in total. The van der Waals surface area contributed by atoms with Crippen molar-refractivity contribution in [1.82, 2.24) is 19.7 Å². The maximum absolute atomic E-state index is 11.5. The van der Waals surface area contributed by atoms with Crippen LogP contribution in [0.3, 0.4) is 0 Å². The molecule has 0 bridgehead atoms. The molecule has 0 aromatic carbocycles. The van der Waals surface area contributed by atoms with E-state index in [4.69, 9.17) is 4.74 Å². The molecular formula is C11H13N5O2. The van der Waals surface area contributed by atoms with Crippen LogP contribution in [0.15, 0.2) is 30.9 Å². The Morgan fingerprint density at radius 3 is 3.11 bits per heavy atom. The zero-order valence-corrected chi connectivity index (χ0v) is 9.91. The Morgan fingerprint density at radius 2 is 2.39 bits per heavy atom. The highest BCUT2D eigenvalue weighted by Crippen LogP contribution is 2.07. The number of hydrogen-bond acceptors (Lipinski definition) is 5. The Hall–Kier alpha value is -2.28. The molecule has 1 N–H and O–H groups in total. The largest absolute Gasteiger partial charge is 0.372 e. The molecule has 0 aliphatic rings. The molecule has 0 radical (unpaired) electrons. The fourth-order valence-electron chi connectivity index (χ4n) is 1.32. The molecule has 2 heterocycles. The van der Waals surface area contributed by atoms with Gasteiger partial charge in [0.15, 0.2) is 5.82 Å². The predicted octanol–water partition coefficient (Wildman–Crippen LogP) is 0.637. The summed E-state index contributed by atoms with van der Waals surface area (Å²) < 4.78 is 6.58. The van der Waals surface area contributed by atoms with Gasteiger partial charge in [0.05, 0.1) is 0 Å². The predicted molar refractivity (Wildman–Crippen MR) is 64.3 cm³/mol. The van der Waals surface area contributed by atoms with Crippen molar-refractivity contribution in [3.05, 3.63) is 30.9 Å². The molecule has 0 spiro atoms. The number of nitrogens with zero attached hydrogens (tertiary/aromatic N) is 4. The minimum Gasteiger partial charge on any atom is -0.372 e. The molecule has 2 aromatic rings. The van der Waals surface area contributed by atoms with E-state index in [1.54, 1.807) is 29.2 Å². The summed E-state index contributed by atoms with van der Waals surface area (Å²) in [6.45, 7) is 2.33. The molecule has 0 saturated heterocycles. The minimum absolute atomic E-state index is 0.0115. The third-order valence-electron chi connectivity index (χ3n) is 2.10. The van der Waals surface area contributed by atoms with E-state index in [2.05, 4.69) is 20.4 Å². The van der Waals surface area contributed by atoms with Crippen molar-refractivity contribution in [2.45, 2.75) is 6.92 Å². The topological polar surface area (TPSA) is 81.9 Å². The van der Waals surface area contributed by atoms with Gasteiger partial charge in [-0.25, -0.2) is 14.6 Å². The van der Waals surface area contributed by atoms with Crippen molar-refractivity contribution in [1.29, 1.82) is 0 Å². The van der Waals surface area contributed by atoms with Gasteiger partial charge < -0.3 is 10.1 Å². The third kappa shape index (κ3) is 3.11. The standard InChI is InChI=1S/C11H13N5O2/c1-2-18-7-11(17)15-9-6-10(13-8-12-9)16-5-3-4-14-16/h3-6,8H,2,7H2,1H3,(H,12,13,15,17). The van der Waals surface area contributed by atoms with Crippen LogP contribution in [0, 0.1) is 0 Å². The molecule has 2 rings (SSSR count). The van der Waals surface area contributed by atoms with E-state index in [1.165, 1.54) is 6.33 Å². The average Bonchev–Trinajstić information content (AvgIpc) is 2.90. The summed E-state index contributed by atoms with van der Waals surface area (Å²) in [5.74, 6) is 0.754. The zero-order chi connectivity index (χ0) is 12.8. The lowest BCUT2D eigenvalue weighted by Gasteiger charge is -2.05. The zero-order valence-electron chi connectivity index (χ0n) is 9.91. The van der Waals surface area contributed by atoms with Gasteiger partial charge >= 0.3 is 0 Å². The van der Waals surface area contributed by atoms with E-state index < -0.39 is 0 Å². The van der Waals surface area contributed by atoms with Crippen LogP contribution < -0.4 is 5.32 Å². The molecule has 0 aliphatic carbocycles.